The summed E-state index contributed by atoms with van der Waals surface area (Å²) in [6, 6.07) is 4.77. The second kappa shape index (κ2) is 5.96. The fraction of sp³-hybridized carbons (Fsp3) is 0.500. The van der Waals surface area contributed by atoms with Crippen molar-refractivity contribution in [3.63, 3.8) is 0 Å². The van der Waals surface area contributed by atoms with Crippen LogP contribution in [0.2, 0.25) is 0 Å². The molecule has 2 unspecified atom stereocenters. The molecule has 0 radical (unpaired) electrons. The average molecular weight is 336 g/mol. The fourth-order valence-corrected chi connectivity index (χ4v) is 4.57. The number of thioether (sulfide) groups is 1. The summed E-state index contributed by atoms with van der Waals surface area (Å²) in [7, 11) is 3.11. The zero-order valence-electron chi connectivity index (χ0n) is 13.4. The Kier molecular flexibility index (Phi) is 4.14. The minimum absolute atomic E-state index is 0.0512. The smallest absolute Gasteiger partial charge is 0.248 e. The molecule has 1 aromatic carbocycles. The zero-order chi connectivity index (χ0) is 16.6. The summed E-state index contributed by atoms with van der Waals surface area (Å²) in [5.74, 6) is 1.66. The molecule has 124 valence electrons. The Labute approximate surface area is 139 Å². The maximum Gasteiger partial charge on any atom is 0.248 e. The molecule has 1 N–H and O–H groups in total. The predicted octanol–water partition coefficient (Wildman–Crippen LogP) is 2.10. The average Bonchev–Trinajstić information content (AvgIpc) is 3.04. The number of methoxy groups -OCH3 is 2. The van der Waals surface area contributed by atoms with E-state index in [1.54, 1.807) is 49.1 Å². The van der Waals surface area contributed by atoms with Gasteiger partial charge in [0.25, 0.3) is 0 Å². The van der Waals surface area contributed by atoms with Crippen molar-refractivity contribution in [2.75, 3.05) is 25.3 Å². The van der Waals surface area contributed by atoms with Gasteiger partial charge in [-0.2, -0.15) is 0 Å². The van der Waals surface area contributed by atoms with Crippen molar-refractivity contribution in [2.24, 2.45) is 0 Å². The first-order valence-electron chi connectivity index (χ1n) is 7.47. The molecular formula is C16H20N2O4S. The van der Waals surface area contributed by atoms with Crippen LogP contribution in [0.5, 0.6) is 11.5 Å². The Balaban J connectivity index is 1.81. The minimum Gasteiger partial charge on any atom is -0.497 e. The number of carbonyl (C=O) groups is 2. The molecule has 3 rings (SSSR count). The maximum absolute atomic E-state index is 12.7. The zero-order valence-corrected chi connectivity index (χ0v) is 14.2. The molecule has 2 heterocycles. The number of hydrogen-bond donors (Lipinski definition) is 1. The van der Waals surface area contributed by atoms with Crippen LogP contribution < -0.4 is 14.8 Å². The Morgan fingerprint density at radius 1 is 1.39 bits per heavy atom. The highest BCUT2D eigenvalue weighted by atomic mass is 32.2. The summed E-state index contributed by atoms with van der Waals surface area (Å²) in [5, 5.41) is 2.88. The summed E-state index contributed by atoms with van der Waals surface area (Å²) >= 11 is 1.67. The lowest BCUT2D eigenvalue weighted by Crippen LogP contribution is -2.48. The molecule has 2 saturated heterocycles. The van der Waals surface area contributed by atoms with Crippen LogP contribution in [0.25, 0.3) is 0 Å². The maximum atomic E-state index is 12.7. The van der Waals surface area contributed by atoms with Gasteiger partial charge < -0.3 is 19.7 Å². The van der Waals surface area contributed by atoms with Crippen LogP contribution >= 0.6 is 11.8 Å². The van der Waals surface area contributed by atoms with Gasteiger partial charge in [0.15, 0.2) is 0 Å². The molecule has 0 spiro atoms. The van der Waals surface area contributed by atoms with Gasteiger partial charge in [0, 0.05) is 18.2 Å². The van der Waals surface area contributed by atoms with Crippen LogP contribution in [-0.2, 0) is 9.59 Å². The standard InChI is InChI=1S/C16H20N2O4S/c1-16-7-6-14(19)18(16)12(9-23-16)15(20)17-11-8-10(21-2)4-5-13(11)22-3/h4-5,8,12H,6-7,9H2,1-3H3,(H,17,20). The number of nitrogens with zero attached hydrogens (tertiary/aromatic N) is 1. The largest absolute Gasteiger partial charge is 0.497 e. The van der Waals surface area contributed by atoms with E-state index in [0.717, 1.165) is 6.42 Å². The van der Waals surface area contributed by atoms with Gasteiger partial charge in [-0.05, 0) is 25.5 Å². The first-order valence-corrected chi connectivity index (χ1v) is 8.46. The van der Waals surface area contributed by atoms with Crippen molar-refractivity contribution in [2.45, 2.75) is 30.7 Å². The molecule has 0 saturated carbocycles. The van der Waals surface area contributed by atoms with Crippen molar-refractivity contribution in [3.8, 4) is 11.5 Å². The van der Waals surface area contributed by atoms with Gasteiger partial charge in [-0.15, -0.1) is 11.8 Å². The number of anilines is 1. The summed E-state index contributed by atoms with van der Waals surface area (Å²) < 4.78 is 10.5. The van der Waals surface area contributed by atoms with Gasteiger partial charge in [-0.1, -0.05) is 0 Å². The van der Waals surface area contributed by atoms with E-state index in [-0.39, 0.29) is 16.7 Å². The minimum atomic E-state index is -0.448. The number of rotatable bonds is 4. The normalized spacial score (nSPS) is 26.1. The van der Waals surface area contributed by atoms with E-state index in [0.29, 0.717) is 29.4 Å². The van der Waals surface area contributed by atoms with E-state index < -0.39 is 6.04 Å². The van der Waals surface area contributed by atoms with Crippen LogP contribution in [0.3, 0.4) is 0 Å². The monoisotopic (exact) mass is 336 g/mol. The molecule has 2 fully saturated rings. The van der Waals surface area contributed by atoms with E-state index in [9.17, 15) is 9.59 Å². The van der Waals surface area contributed by atoms with Gasteiger partial charge in [0.05, 0.1) is 24.8 Å². The predicted molar refractivity (Wildman–Crippen MR) is 88.9 cm³/mol. The number of amides is 2. The van der Waals surface area contributed by atoms with Crippen molar-refractivity contribution < 1.29 is 19.1 Å². The van der Waals surface area contributed by atoms with Gasteiger partial charge in [-0.3, -0.25) is 9.59 Å². The third-order valence-corrected chi connectivity index (χ3v) is 5.92. The molecule has 0 aromatic heterocycles. The quantitative estimate of drug-likeness (QED) is 0.912. The van der Waals surface area contributed by atoms with Gasteiger partial charge in [0.1, 0.15) is 17.5 Å². The van der Waals surface area contributed by atoms with Crippen LogP contribution in [0.1, 0.15) is 19.8 Å². The Morgan fingerprint density at radius 3 is 2.87 bits per heavy atom. The highest BCUT2D eigenvalue weighted by Crippen LogP contribution is 2.47. The Bertz CT molecular complexity index is 651. The number of nitrogens with one attached hydrogen (secondary N) is 1. The van der Waals surface area contributed by atoms with Crippen LogP contribution in [-0.4, -0.2) is 47.6 Å². The van der Waals surface area contributed by atoms with Gasteiger partial charge in [-0.25, -0.2) is 0 Å². The fourth-order valence-electron chi connectivity index (χ4n) is 3.14. The molecule has 0 aliphatic carbocycles. The third kappa shape index (κ3) is 2.73. The molecule has 0 bridgehead atoms. The van der Waals surface area contributed by atoms with Crippen molar-refractivity contribution >= 4 is 29.3 Å². The lowest BCUT2D eigenvalue weighted by molar-refractivity contribution is -0.135. The van der Waals surface area contributed by atoms with Crippen LogP contribution in [0.15, 0.2) is 18.2 Å². The summed E-state index contributed by atoms with van der Waals surface area (Å²) in [6.07, 6.45) is 1.30. The second-order valence-corrected chi connectivity index (χ2v) is 7.32. The summed E-state index contributed by atoms with van der Waals surface area (Å²) in [5.41, 5.74) is 0.544. The van der Waals surface area contributed by atoms with Crippen LogP contribution in [0, 0.1) is 0 Å². The SMILES string of the molecule is COc1ccc(OC)c(NC(=O)C2CSC3(C)CCC(=O)N23)c1. The molecule has 1 aromatic rings. The van der Waals surface area contributed by atoms with Gasteiger partial charge >= 0.3 is 0 Å². The highest BCUT2D eigenvalue weighted by Gasteiger charge is 2.52. The molecule has 6 nitrogen and oxygen atoms in total. The van der Waals surface area contributed by atoms with E-state index >= 15 is 0 Å². The molecule has 23 heavy (non-hydrogen) atoms. The Morgan fingerprint density at radius 2 is 2.17 bits per heavy atom. The van der Waals surface area contributed by atoms with E-state index in [2.05, 4.69) is 5.32 Å². The van der Waals surface area contributed by atoms with E-state index in [1.807, 2.05) is 6.92 Å². The first-order chi connectivity index (χ1) is 11.0. The lowest BCUT2D eigenvalue weighted by atomic mass is 10.2. The first kappa shape index (κ1) is 16.0. The number of ether oxygens (including phenoxy) is 2. The molecular weight excluding hydrogens is 316 g/mol. The van der Waals surface area contributed by atoms with Gasteiger partial charge in [0.2, 0.25) is 11.8 Å². The van der Waals surface area contributed by atoms with E-state index in [4.69, 9.17) is 9.47 Å². The van der Waals surface area contributed by atoms with Crippen LogP contribution in [0.4, 0.5) is 5.69 Å². The summed E-state index contributed by atoms with van der Waals surface area (Å²) in [4.78, 5) is 26.3. The van der Waals surface area contributed by atoms with E-state index in [1.165, 1.54) is 0 Å². The molecule has 2 aliphatic rings. The third-order valence-electron chi connectivity index (χ3n) is 4.41. The number of hydrogen-bond acceptors (Lipinski definition) is 5. The molecule has 2 atom stereocenters. The van der Waals surface area contributed by atoms with Crippen molar-refractivity contribution in [1.29, 1.82) is 0 Å². The topological polar surface area (TPSA) is 67.9 Å². The highest BCUT2D eigenvalue weighted by molar-refractivity contribution is 8.01. The summed E-state index contributed by atoms with van der Waals surface area (Å²) in [6.45, 7) is 2.03. The Hall–Kier alpha value is -1.89. The van der Waals surface area contributed by atoms with Crippen molar-refractivity contribution in [1.82, 2.24) is 4.90 Å². The number of carbonyl (C=O) groups excluding carboxylic acids is 2. The molecule has 2 aliphatic heterocycles. The molecule has 2 amide bonds. The number of benzene rings is 1. The lowest BCUT2D eigenvalue weighted by Gasteiger charge is -2.30. The second-order valence-electron chi connectivity index (χ2n) is 5.82. The number of fused-ring (bicyclic) bond motifs is 1. The van der Waals surface area contributed by atoms with Crippen molar-refractivity contribution in [3.05, 3.63) is 18.2 Å². The molecule has 7 heteroatoms.